The Hall–Kier alpha value is -2.34. The molecule has 0 bridgehead atoms. The van der Waals surface area contributed by atoms with Crippen molar-refractivity contribution in [2.24, 2.45) is 0 Å². The van der Waals surface area contributed by atoms with Crippen LogP contribution in [0, 0.1) is 0 Å². The summed E-state index contributed by atoms with van der Waals surface area (Å²) in [5.41, 5.74) is 0.702. The Morgan fingerprint density at radius 3 is 3.04 bits per heavy atom. The summed E-state index contributed by atoms with van der Waals surface area (Å²) in [6.45, 7) is 1.91. The molecule has 0 spiro atoms. The summed E-state index contributed by atoms with van der Waals surface area (Å²) in [6.07, 6.45) is 6.20. The summed E-state index contributed by atoms with van der Waals surface area (Å²) in [6, 6.07) is 9.46. The van der Waals surface area contributed by atoms with Crippen molar-refractivity contribution in [2.45, 2.75) is 31.9 Å². The first-order valence-electron chi connectivity index (χ1n) is 7.91. The van der Waals surface area contributed by atoms with E-state index in [-0.39, 0.29) is 12.0 Å². The van der Waals surface area contributed by atoms with Crippen molar-refractivity contribution < 1.29 is 14.3 Å². The van der Waals surface area contributed by atoms with E-state index in [0.29, 0.717) is 18.7 Å². The van der Waals surface area contributed by atoms with Gasteiger partial charge in [0.1, 0.15) is 5.75 Å². The number of benzene rings is 1. The number of carbonyl (C=O) groups is 1. The number of hydrogen-bond donors (Lipinski definition) is 1. The molecule has 0 saturated carbocycles. The number of anilines is 1. The first kappa shape index (κ1) is 15.6. The molecule has 1 saturated heterocycles. The summed E-state index contributed by atoms with van der Waals surface area (Å²) in [5.74, 6) is 0.683. The number of para-hydroxylation sites is 1. The fourth-order valence-electron chi connectivity index (χ4n) is 2.53. The van der Waals surface area contributed by atoms with Gasteiger partial charge in [0.2, 0.25) is 5.91 Å². The number of nitrogens with one attached hydrogen (secondary N) is 1. The molecular formula is C17H21N3O3. The molecular weight excluding hydrogens is 294 g/mol. The van der Waals surface area contributed by atoms with Crippen LogP contribution in [0.2, 0.25) is 0 Å². The molecule has 1 aliphatic heterocycles. The molecule has 6 heteroatoms. The van der Waals surface area contributed by atoms with Crippen LogP contribution in [0.3, 0.4) is 0 Å². The number of aromatic nitrogens is 2. The highest BCUT2D eigenvalue weighted by Crippen LogP contribution is 2.15. The van der Waals surface area contributed by atoms with E-state index >= 15 is 0 Å². The molecule has 3 rings (SSSR count). The van der Waals surface area contributed by atoms with Gasteiger partial charge in [0.15, 0.2) is 0 Å². The molecule has 1 aromatic heterocycles. The molecule has 122 valence electrons. The molecule has 1 amide bonds. The molecule has 2 heterocycles. The lowest BCUT2D eigenvalue weighted by Gasteiger charge is -2.08. The zero-order valence-electron chi connectivity index (χ0n) is 13.0. The van der Waals surface area contributed by atoms with Gasteiger partial charge in [0.25, 0.3) is 0 Å². The summed E-state index contributed by atoms with van der Waals surface area (Å²) >= 11 is 0. The van der Waals surface area contributed by atoms with Crippen LogP contribution in [0.1, 0.15) is 19.3 Å². The maximum Gasteiger partial charge on any atom is 0.227 e. The largest absolute Gasteiger partial charge is 0.493 e. The summed E-state index contributed by atoms with van der Waals surface area (Å²) in [5, 5.41) is 7.08. The first-order valence-corrected chi connectivity index (χ1v) is 7.91. The van der Waals surface area contributed by atoms with Crippen LogP contribution < -0.4 is 10.1 Å². The zero-order chi connectivity index (χ0) is 15.9. The maximum absolute atomic E-state index is 11.9. The third kappa shape index (κ3) is 4.82. The Bertz CT molecular complexity index is 621. The normalized spacial score (nSPS) is 17.1. The van der Waals surface area contributed by atoms with E-state index in [2.05, 4.69) is 10.4 Å². The molecule has 1 fully saturated rings. The second-order valence-electron chi connectivity index (χ2n) is 5.55. The second kappa shape index (κ2) is 7.78. The molecule has 0 aliphatic carbocycles. The van der Waals surface area contributed by atoms with E-state index in [1.54, 1.807) is 6.20 Å². The van der Waals surface area contributed by atoms with Gasteiger partial charge in [0, 0.05) is 12.8 Å². The number of carbonyl (C=O) groups excluding carboxylic acids is 1. The lowest BCUT2D eigenvalue weighted by Crippen LogP contribution is -2.16. The average molecular weight is 315 g/mol. The molecule has 23 heavy (non-hydrogen) atoms. The van der Waals surface area contributed by atoms with Crippen molar-refractivity contribution in [3.8, 4) is 5.75 Å². The average Bonchev–Trinajstić information content (AvgIpc) is 3.21. The maximum atomic E-state index is 11.9. The minimum absolute atomic E-state index is 0.0856. The van der Waals surface area contributed by atoms with Gasteiger partial charge in [-0.15, -0.1) is 0 Å². The highest BCUT2D eigenvalue weighted by atomic mass is 16.5. The van der Waals surface area contributed by atoms with Crippen LogP contribution in [0.5, 0.6) is 5.75 Å². The van der Waals surface area contributed by atoms with E-state index < -0.39 is 0 Å². The van der Waals surface area contributed by atoms with Gasteiger partial charge in [-0.2, -0.15) is 5.10 Å². The lowest BCUT2D eigenvalue weighted by molar-refractivity contribution is -0.116. The monoisotopic (exact) mass is 315 g/mol. The molecule has 1 atom stereocenters. The fourth-order valence-corrected chi connectivity index (χ4v) is 2.53. The molecule has 0 radical (unpaired) electrons. The molecule has 1 N–H and O–H groups in total. The smallest absolute Gasteiger partial charge is 0.227 e. The highest BCUT2D eigenvalue weighted by molar-refractivity contribution is 5.90. The van der Waals surface area contributed by atoms with Crippen LogP contribution in [-0.2, 0) is 16.1 Å². The molecule has 1 aliphatic rings. The van der Waals surface area contributed by atoms with Gasteiger partial charge in [-0.05, 0) is 25.0 Å². The van der Waals surface area contributed by atoms with Crippen molar-refractivity contribution >= 4 is 11.6 Å². The predicted molar refractivity (Wildman–Crippen MR) is 86.4 cm³/mol. The number of nitrogens with zero attached hydrogens (tertiary/aromatic N) is 2. The second-order valence-corrected chi connectivity index (χ2v) is 5.55. The van der Waals surface area contributed by atoms with Crippen LogP contribution >= 0.6 is 0 Å². The van der Waals surface area contributed by atoms with Crippen molar-refractivity contribution in [1.29, 1.82) is 0 Å². The zero-order valence-corrected chi connectivity index (χ0v) is 13.0. The quantitative estimate of drug-likeness (QED) is 0.852. The Morgan fingerprint density at radius 2 is 2.26 bits per heavy atom. The standard InChI is InChI=1S/C17H21N3O3/c21-17(8-10-23-15-5-2-1-3-6-15)19-14-11-18-20(12-14)13-16-7-4-9-22-16/h1-3,5-6,11-12,16H,4,7-10,13H2,(H,19,21)/t16-/m1/s1. The Morgan fingerprint density at radius 1 is 1.39 bits per heavy atom. The molecule has 1 aromatic carbocycles. The van der Waals surface area contributed by atoms with Crippen LogP contribution in [0.25, 0.3) is 0 Å². The topological polar surface area (TPSA) is 65.4 Å². The number of hydrogen-bond acceptors (Lipinski definition) is 4. The van der Waals surface area contributed by atoms with Crippen LogP contribution in [-0.4, -0.2) is 35.0 Å². The first-order chi connectivity index (χ1) is 11.3. The molecule has 2 aromatic rings. The van der Waals surface area contributed by atoms with Gasteiger partial charge in [-0.25, -0.2) is 0 Å². The summed E-state index contributed by atoms with van der Waals surface area (Å²) in [4.78, 5) is 11.9. The van der Waals surface area contributed by atoms with Gasteiger partial charge in [0.05, 0.1) is 37.6 Å². The van der Waals surface area contributed by atoms with Gasteiger partial charge < -0.3 is 14.8 Å². The SMILES string of the molecule is O=C(CCOc1ccccc1)Nc1cnn(C[C@H]2CCCO2)c1. The Labute approximate surface area is 135 Å². The lowest BCUT2D eigenvalue weighted by atomic mass is 10.2. The minimum atomic E-state index is -0.0856. The van der Waals surface area contributed by atoms with Crippen LogP contribution in [0.4, 0.5) is 5.69 Å². The van der Waals surface area contributed by atoms with Crippen molar-refractivity contribution in [1.82, 2.24) is 9.78 Å². The van der Waals surface area contributed by atoms with Crippen molar-refractivity contribution in [3.63, 3.8) is 0 Å². The Kier molecular flexibility index (Phi) is 5.26. The van der Waals surface area contributed by atoms with Gasteiger partial charge in [-0.3, -0.25) is 9.48 Å². The minimum Gasteiger partial charge on any atom is -0.493 e. The molecule has 6 nitrogen and oxygen atoms in total. The van der Waals surface area contributed by atoms with E-state index in [4.69, 9.17) is 9.47 Å². The third-order valence-electron chi connectivity index (χ3n) is 3.67. The van der Waals surface area contributed by atoms with E-state index in [1.165, 1.54) is 0 Å². The highest BCUT2D eigenvalue weighted by Gasteiger charge is 2.16. The van der Waals surface area contributed by atoms with Crippen LogP contribution in [0.15, 0.2) is 42.7 Å². The Balaban J connectivity index is 1.40. The van der Waals surface area contributed by atoms with Gasteiger partial charge >= 0.3 is 0 Å². The molecule has 0 unspecified atom stereocenters. The summed E-state index contributed by atoms with van der Waals surface area (Å²) in [7, 11) is 0. The number of rotatable bonds is 7. The number of amides is 1. The van der Waals surface area contributed by atoms with Gasteiger partial charge in [-0.1, -0.05) is 18.2 Å². The summed E-state index contributed by atoms with van der Waals surface area (Å²) < 4.78 is 12.9. The number of ether oxygens (including phenoxy) is 2. The van der Waals surface area contributed by atoms with Crippen molar-refractivity contribution in [3.05, 3.63) is 42.7 Å². The van der Waals surface area contributed by atoms with E-state index in [9.17, 15) is 4.79 Å². The fraction of sp³-hybridized carbons (Fsp3) is 0.412. The van der Waals surface area contributed by atoms with Crippen molar-refractivity contribution in [2.75, 3.05) is 18.5 Å². The van der Waals surface area contributed by atoms with E-state index in [1.807, 2.05) is 41.2 Å². The predicted octanol–water partition coefficient (Wildman–Crippen LogP) is 2.47. The third-order valence-corrected chi connectivity index (χ3v) is 3.67. The van der Waals surface area contributed by atoms with E-state index in [0.717, 1.165) is 31.7 Å².